The highest BCUT2D eigenvalue weighted by Gasteiger charge is 2.21. The Morgan fingerprint density at radius 1 is 1.22 bits per heavy atom. The molecule has 0 aliphatic rings. The summed E-state index contributed by atoms with van der Waals surface area (Å²) in [6.07, 6.45) is 0.0243. The maximum atomic E-state index is 11.9. The molecule has 0 radical (unpaired) electrons. The van der Waals surface area contributed by atoms with Crippen LogP contribution in [0.1, 0.15) is 25.3 Å². The number of benzene rings is 1. The van der Waals surface area contributed by atoms with Crippen molar-refractivity contribution in [2.75, 3.05) is 6.61 Å². The van der Waals surface area contributed by atoms with Gasteiger partial charge in [0.15, 0.2) is 6.61 Å². The average Bonchev–Trinajstić information content (AvgIpc) is 2.61. The average molecular weight is 377 g/mol. The third kappa shape index (κ3) is 5.56. The normalized spacial score (nSPS) is 11.7. The standard InChI is InChI=1S/C18H19NO8/c1-2-10-7-17(23)27-14-8-11(3-4-12(10)14)26-9-15(20)19-13(18(24)25)5-6-16(21)22/h3-4,7-8,13H,2,5-6,9H2,1H3,(H,19,20)(H,21,22)(H,24,25). The van der Waals surface area contributed by atoms with E-state index in [1.165, 1.54) is 12.1 Å². The molecule has 1 atom stereocenters. The minimum Gasteiger partial charge on any atom is -0.484 e. The van der Waals surface area contributed by atoms with E-state index in [-0.39, 0.29) is 18.6 Å². The number of carboxylic acids is 2. The Kier molecular flexibility index (Phi) is 6.53. The van der Waals surface area contributed by atoms with Gasteiger partial charge in [0.2, 0.25) is 0 Å². The lowest BCUT2D eigenvalue weighted by atomic mass is 10.1. The highest BCUT2D eigenvalue weighted by molar-refractivity contribution is 5.85. The Labute approximate surface area is 153 Å². The smallest absolute Gasteiger partial charge is 0.336 e. The molecular weight excluding hydrogens is 358 g/mol. The van der Waals surface area contributed by atoms with Crippen molar-refractivity contribution in [3.05, 3.63) is 40.2 Å². The Morgan fingerprint density at radius 2 is 1.96 bits per heavy atom. The first kappa shape index (κ1) is 20.0. The highest BCUT2D eigenvalue weighted by Crippen LogP contribution is 2.23. The van der Waals surface area contributed by atoms with Gasteiger partial charge in [0, 0.05) is 23.9 Å². The van der Waals surface area contributed by atoms with E-state index in [1.54, 1.807) is 12.1 Å². The van der Waals surface area contributed by atoms with Crippen molar-refractivity contribution < 1.29 is 33.8 Å². The number of aliphatic carboxylic acids is 2. The second kappa shape index (κ2) is 8.84. The molecule has 1 aromatic heterocycles. The summed E-state index contributed by atoms with van der Waals surface area (Å²) in [7, 11) is 0. The molecule has 3 N–H and O–H groups in total. The zero-order chi connectivity index (χ0) is 20.0. The van der Waals surface area contributed by atoms with E-state index < -0.39 is 36.1 Å². The summed E-state index contributed by atoms with van der Waals surface area (Å²) in [4.78, 5) is 45.0. The molecule has 2 aromatic rings. The van der Waals surface area contributed by atoms with Crippen molar-refractivity contribution in [2.45, 2.75) is 32.2 Å². The third-order valence-electron chi connectivity index (χ3n) is 3.83. The van der Waals surface area contributed by atoms with Crippen LogP contribution in [0.15, 0.2) is 33.5 Å². The lowest BCUT2D eigenvalue weighted by Crippen LogP contribution is -2.43. The first-order valence-electron chi connectivity index (χ1n) is 8.23. The molecule has 0 bridgehead atoms. The lowest BCUT2D eigenvalue weighted by molar-refractivity contribution is -0.143. The Morgan fingerprint density at radius 3 is 2.59 bits per heavy atom. The molecule has 144 valence electrons. The molecule has 0 saturated heterocycles. The minimum atomic E-state index is -1.33. The molecule has 1 aromatic carbocycles. The van der Waals surface area contributed by atoms with E-state index >= 15 is 0 Å². The minimum absolute atomic E-state index is 0.239. The number of rotatable bonds is 9. The zero-order valence-electron chi connectivity index (χ0n) is 14.6. The number of carbonyl (C=O) groups is 3. The van der Waals surface area contributed by atoms with E-state index in [0.717, 1.165) is 10.9 Å². The van der Waals surface area contributed by atoms with Gasteiger partial charge in [0.25, 0.3) is 5.91 Å². The van der Waals surface area contributed by atoms with E-state index in [9.17, 15) is 19.2 Å². The monoisotopic (exact) mass is 377 g/mol. The lowest BCUT2D eigenvalue weighted by Gasteiger charge is -2.14. The summed E-state index contributed by atoms with van der Waals surface area (Å²) in [5.41, 5.74) is 0.660. The Balaban J connectivity index is 2.02. The number of hydrogen-bond acceptors (Lipinski definition) is 6. The fraction of sp³-hybridized carbons (Fsp3) is 0.333. The van der Waals surface area contributed by atoms with Crippen molar-refractivity contribution >= 4 is 28.8 Å². The SMILES string of the molecule is CCc1cc(=O)oc2cc(OCC(=O)NC(CCC(=O)O)C(=O)O)ccc12. The maximum absolute atomic E-state index is 11.9. The zero-order valence-corrected chi connectivity index (χ0v) is 14.6. The van der Waals surface area contributed by atoms with Gasteiger partial charge in [-0.25, -0.2) is 9.59 Å². The molecular formula is C18H19NO8. The molecule has 0 fully saturated rings. The van der Waals surface area contributed by atoms with Crippen molar-refractivity contribution in [3.8, 4) is 5.75 Å². The first-order chi connectivity index (χ1) is 12.8. The van der Waals surface area contributed by atoms with Crippen LogP contribution in [0.5, 0.6) is 5.75 Å². The van der Waals surface area contributed by atoms with Gasteiger partial charge in [0.1, 0.15) is 17.4 Å². The fourth-order valence-electron chi connectivity index (χ4n) is 2.50. The van der Waals surface area contributed by atoms with Crippen LogP contribution in [-0.2, 0) is 20.8 Å². The largest absolute Gasteiger partial charge is 0.484 e. The van der Waals surface area contributed by atoms with Gasteiger partial charge >= 0.3 is 17.6 Å². The summed E-state index contributed by atoms with van der Waals surface area (Å²) in [6, 6.07) is 4.88. The second-order valence-electron chi connectivity index (χ2n) is 5.78. The Bertz CT molecular complexity index is 917. The molecule has 0 spiro atoms. The molecule has 0 aliphatic heterocycles. The van der Waals surface area contributed by atoms with Crippen molar-refractivity contribution in [1.29, 1.82) is 0 Å². The molecule has 0 saturated carbocycles. The predicted molar refractivity (Wildman–Crippen MR) is 93.8 cm³/mol. The van der Waals surface area contributed by atoms with E-state index in [2.05, 4.69) is 5.32 Å². The van der Waals surface area contributed by atoms with Crippen molar-refractivity contribution in [1.82, 2.24) is 5.32 Å². The number of amides is 1. The molecule has 1 amide bonds. The first-order valence-corrected chi connectivity index (χ1v) is 8.23. The summed E-state index contributed by atoms with van der Waals surface area (Å²) >= 11 is 0. The van der Waals surface area contributed by atoms with Crippen LogP contribution < -0.4 is 15.7 Å². The maximum Gasteiger partial charge on any atom is 0.336 e. The number of carbonyl (C=O) groups excluding carboxylic acids is 1. The van der Waals surface area contributed by atoms with Gasteiger partial charge in [-0.1, -0.05) is 6.92 Å². The molecule has 2 rings (SSSR count). The van der Waals surface area contributed by atoms with Gasteiger partial charge in [-0.15, -0.1) is 0 Å². The molecule has 1 heterocycles. The van der Waals surface area contributed by atoms with Gasteiger partial charge in [-0.2, -0.15) is 0 Å². The number of carboxylic acid groups (broad SMARTS) is 2. The van der Waals surface area contributed by atoms with Crippen molar-refractivity contribution in [3.63, 3.8) is 0 Å². The highest BCUT2D eigenvalue weighted by atomic mass is 16.5. The Hall–Kier alpha value is -3.36. The summed E-state index contributed by atoms with van der Waals surface area (Å²) < 4.78 is 10.4. The number of ether oxygens (including phenoxy) is 1. The third-order valence-corrected chi connectivity index (χ3v) is 3.83. The van der Waals surface area contributed by atoms with Crippen LogP contribution in [0.2, 0.25) is 0 Å². The van der Waals surface area contributed by atoms with Gasteiger partial charge in [-0.05, 0) is 30.5 Å². The van der Waals surface area contributed by atoms with Gasteiger partial charge < -0.3 is 24.7 Å². The summed E-state index contributed by atoms with van der Waals surface area (Å²) in [6.45, 7) is 1.44. The summed E-state index contributed by atoms with van der Waals surface area (Å²) in [5.74, 6) is -2.93. The van der Waals surface area contributed by atoms with Crippen molar-refractivity contribution in [2.24, 2.45) is 0 Å². The van der Waals surface area contributed by atoms with E-state index in [4.69, 9.17) is 19.4 Å². The van der Waals surface area contributed by atoms with Crippen LogP contribution in [0.4, 0.5) is 0 Å². The fourth-order valence-corrected chi connectivity index (χ4v) is 2.50. The van der Waals surface area contributed by atoms with Gasteiger partial charge in [0.05, 0.1) is 0 Å². The predicted octanol–water partition coefficient (Wildman–Crippen LogP) is 1.17. The quantitative estimate of drug-likeness (QED) is 0.553. The topological polar surface area (TPSA) is 143 Å². The molecule has 1 unspecified atom stereocenters. The van der Waals surface area contributed by atoms with Crippen LogP contribution in [-0.4, -0.2) is 40.7 Å². The number of hydrogen-bond donors (Lipinski definition) is 3. The molecule has 27 heavy (non-hydrogen) atoms. The molecule has 9 nitrogen and oxygen atoms in total. The number of aryl methyl sites for hydroxylation is 1. The van der Waals surface area contributed by atoms with E-state index in [0.29, 0.717) is 12.0 Å². The van der Waals surface area contributed by atoms with Crippen LogP contribution in [0.25, 0.3) is 11.0 Å². The van der Waals surface area contributed by atoms with Crippen LogP contribution in [0, 0.1) is 0 Å². The number of fused-ring (bicyclic) bond motifs is 1. The van der Waals surface area contributed by atoms with Crippen LogP contribution >= 0.6 is 0 Å². The van der Waals surface area contributed by atoms with Gasteiger partial charge in [-0.3, -0.25) is 9.59 Å². The number of nitrogens with one attached hydrogen (secondary N) is 1. The molecule has 9 heteroatoms. The second-order valence-corrected chi connectivity index (χ2v) is 5.78. The molecule has 0 aliphatic carbocycles. The van der Waals surface area contributed by atoms with Crippen LogP contribution in [0.3, 0.4) is 0 Å². The van der Waals surface area contributed by atoms with E-state index in [1.807, 2.05) is 6.92 Å². The summed E-state index contributed by atoms with van der Waals surface area (Å²) in [5, 5.41) is 20.6.